The number of likely N-dealkylation sites (tertiary alicyclic amines) is 1. The number of nitrogens with zero attached hydrogens (tertiary/aromatic N) is 1. The average molecular weight is 344 g/mol. The minimum atomic E-state index is -0.640. The van der Waals surface area contributed by atoms with Gasteiger partial charge >= 0.3 is 5.97 Å². The molecule has 1 saturated heterocycles. The van der Waals surface area contributed by atoms with Crippen molar-refractivity contribution in [3.8, 4) is 5.75 Å². The van der Waals surface area contributed by atoms with Crippen LogP contribution in [0.2, 0.25) is 10.0 Å². The molecule has 3 rings (SSSR count). The van der Waals surface area contributed by atoms with Gasteiger partial charge in [-0.3, -0.25) is 9.69 Å². The molecule has 1 N–H and O–H groups in total. The van der Waals surface area contributed by atoms with Gasteiger partial charge in [-0.1, -0.05) is 29.6 Å². The Kier molecular flexibility index (Phi) is 4.53. The summed E-state index contributed by atoms with van der Waals surface area (Å²) in [6, 6.07) is 5.14. The van der Waals surface area contributed by atoms with Crippen molar-refractivity contribution in [2.75, 3.05) is 26.2 Å². The molecule has 120 valence electrons. The lowest BCUT2D eigenvalue weighted by molar-refractivity contribution is -0.149. The fourth-order valence-electron chi connectivity index (χ4n) is 3.79. The van der Waals surface area contributed by atoms with Gasteiger partial charge in [-0.2, -0.15) is 0 Å². The first-order valence-corrected chi connectivity index (χ1v) is 8.30. The molecule has 1 aromatic rings. The van der Waals surface area contributed by atoms with Gasteiger partial charge in [0.2, 0.25) is 0 Å². The van der Waals surface area contributed by atoms with Crippen molar-refractivity contribution < 1.29 is 14.6 Å². The van der Waals surface area contributed by atoms with Crippen molar-refractivity contribution in [1.82, 2.24) is 4.90 Å². The standard InChI is InChI=1S/C16H19Cl2NO3/c17-12-3-4-14(13(18)8-12)22-7-6-19-9-11-2-1-5-16(11,10-19)15(20)21/h3-4,8,11H,1-2,5-7,9-10H2,(H,20,21)/t11-,16+/m0/s1. The molecular formula is C16H19Cl2NO3. The quantitative estimate of drug-likeness (QED) is 0.887. The van der Waals surface area contributed by atoms with Gasteiger partial charge in [0, 0.05) is 24.7 Å². The maximum Gasteiger partial charge on any atom is 0.311 e. The third-order valence-electron chi connectivity index (χ3n) is 4.93. The number of hydrogen-bond donors (Lipinski definition) is 1. The predicted octanol–water partition coefficient (Wildman–Crippen LogP) is 3.56. The van der Waals surface area contributed by atoms with E-state index in [0.29, 0.717) is 35.5 Å². The monoisotopic (exact) mass is 343 g/mol. The summed E-state index contributed by atoms with van der Waals surface area (Å²) in [7, 11) is 0. The Morgan fingerprint density at radius 3 is 2.95 bits per heavy atom. The lowest BCUT2D eigenvalue weighted by atomic mass is 9.81. The van der Waals surface area contributed by atoms with E-state index in [1.165, 1.54) is 0 Å². The van der Waals surface area contributed by atoms with Crippen molar-refractivity contribution in [3.63, 3.8) is 0 Å². The van der Waals surface area contributed by atoms with E-state index in [1.807, 2.05) is 0 Å². The van der Waals surface area contributed by atoms with Crippen LogP contribution in [-0.2, 0) is 4.79 Å². The maximum atomic E-state index is 11.6. The Hall–Kier alpha value is -0.970. The summed E-state index contributed by atoms with van der Waals surface area (Å²) in [5.74, 6) is 0.252. The summed E-state index contributed by atoms with van der Waals surface area (Å²) >= 11 is 11.9. The van der Waals surface area contributed by atoms with E-state index in [4.69, 9.17) is 27.9 Å². The molecule has 1 aliphatic carbocycles. The first-order chi connectivity index (χ1) is 10.5. The smallest absolute Gasteiger partial charge is 0.311 e. The number of carboxylic acid groups (broad SMARTS) is 1. The van der Waals surface area contributed by atoms with Crippen LogP contribution in [0.1, 0.15) is 19.3 Å². The van der Waals surface area contributed by atoms with Crippen LogP contribution >= 0.6 is 23.2 Å². The highest BCUT2D eigenvalue weighted by Gasteiger charge is 2.54. The number of rotatable bonds is 5. The second-order valence-electron chi connectivity index (χ2n) is 6.21. The lowest BCUT2D eigenvalue weighted by Gasteiger charge is -2.23. The molecule has 1 aliphatic heterocycles. The van der Waals surface area contributed by atoms with E-state index in [0.717, 1.165) is 25.8 Å². The molecule has 4 nitrogen and oxygen atoms in total. The fourth-order valence-corrected chi connectivity index (χ4v) is 4.25. The number of halogens is 2. The number of carbonyl (C=O) groups is 1. The van der Waals surface area contributed by atoms with Crippen LogP contribution in [0, 0.1) is 11.3 Å². The van der Waals surface area contributed by atoms with Crippen LogP contribution in [0.5, 0.6) is 5.75 Å². The lowest BCUT2D eigenvalue weighted by Crippen LogP contribution is -2.36. The molecule has 22 heavy (non-hydrogen) atoms. The molecule has 0 spiro atoms. The van der Waals surface area contributed by atoms with Gasteiger partial charge < -0.3 is 9.84 Å². The van der Waals surface area contributed by atoms with E-state index < -0.39 is 11.4 Å². The third-order valence-corrected chi connectivity index (χ3v) is 5.46. The predicted molar refractivity (Wildman–Crippen MR) is 85.8 cm³/mol. The molecule has 1 saturated carbocycles. The Balaban J connectivity index is 1.54. The molecule has 0 amide bonds. The number of hydrogen-bond acceptors (Lipinski definition) is 3. The molecular weight excluding hydrogens is 325 g/mol. The van der Waals surface area contributed by atoms with Gasteiger partial charge in [0.25, 0.3) is 0 Å². The molecule has 2 aliphatic rings. The summed E-state index contributed by atoms with van der Waals surface area (Å²) in [6.07, 6.45) is 2.85. The van der Waals surface area contributed by atoms with E-state index in [1.54, 1.807) is 18.2 Å². The fraction of sp³-hybridized carbons (Fsp3) is 0.562. The van der Waals surface area contributed by atoms with Gasteiger partial charge in [0.15, 0.2) is 0 Å². The highest BCUT2D eigenvalue weighted by molar-refractivity contribution is 6.35. The molecule has 0 unspecified atom stereocenters. The highest BCUT2D eigenvalue weighted by Crippen LogP contribution is 2.48. The molecule has 1 heterocycles. The van der Waals surface area contributed by atoms with Crippen LogP contribution in [0.3, 0.4) is 0 Å². The minimum absolute atomic E-state index is 0.282. The summed E-state index contributed by atoms with van der Waals surface area (Å²) in [5.41, 5.74) is -0.530. The first-order valence-electron chi connectivity index (χ1n) is 7.55. The Bertz CT molecular complexity index is 581. The Morgan fingerprint density at radius 2 is 2.27 bits per heavy atom. The summed E-state index contributed by atoms with van der Waals surface area (Å²) in [6.45, 7) is 2.68. The van der Waals surface area contributed by atoms with Gasteiger partial charge in [0.05, 0.1) is 10.4 Å². The SMILES string of the molecule is O=C(O)[C@@]12CCC[C@H]1CN(CCOc1ccc(Cl)cc1Cl)C2. The Morgan fingerprint density at radius 1 is 1.45 bits per heavy atom. The maximum absolute atomic E-state index is 11.6. The molecule has 6 heteroatoms. The second kappa shape index (κ2) is 6.26. The highest BCUT2D eigenvalue weighted by atomic mass is 35.5. The molecule has 0 bridgehead atoms. The largest absolute Gasteiger partial charge is 0.491 e. The van der Waals surface area contributed by atoms with Crippen LogP contribution in [-0.4, -0.2) is 42.2 Å². The molecule has 1 aromatic carbocycles. The van der Waals surface area contributed by atoms with Crippen molar-refractivity contribution in [2.24, 2.45) is 11.3 Å². The zero-order valence-electron chi connectivity index (χ0n) is 12.2. The number of ether oxygens (including phenoxy) is 1. The van der Waals surface area contributed by atoms with Crippen molar-refractivity contribution >= 4 is 29.2 Å². The molecule has 0 aromatic heterocycles. The summed E-state index contributed by atoms with van der Waals surface area (Å²) in [5, 5.41) is 10.6. The number of carboxylic acids is 1. The number of fused-ring (bicyclic) bond motifs is 1. The molecule has 2 atom stereocenters. The molecule has 0 radical (unpaired) electrons. The number of benzene rings is 1. The van der Waals surface area contributed by atoms with Crippen molar-refractivity contribution in [3.05, 3.63) is 28.2 Å². The summed E-state index contributed by atoms with van der Waals surface area (Å²) in [4.78, 5) is 13.8. The zero-order chi connectivity index (χ0) is 15.7. The molecule has 2 fully saturated rings. The first kappa shape index (κ1) is 15.9. The van der Waals surface area contributed by atoms with Crippen LogP contribution in [0.15, 0.2) is 18.2 Å². The van der Waals surface area contributed by atoms with Crippen LogP contribution in [0.25, 0.3) is 0 Å². The van der Waals surface area contributed by atoms with Gasteiger partial charge in [-0.05, 0) is 37.0 Å². The van der Waals surface area contributed by atoms with Gasteiger partial charge in [0.1, 0.15) is 12.4 Å². The van der Waals surface area contributed by atoms with Gasteiger partial charge in [-0.25, -0.2) is 0 Å². The number of aliphatic carboxylic acids is 1. The third kappa shape index (κ3) is 2.92. The summed E-state index contributed by atoms with van der Waals surface area (Å²) < 4.78 is 5.69. The van der Waals surface area contributed by atoms with E-state index in [9.17, 15) is 9.90 Å². The van der Waals surface area contributed by atoms with E-state index in [2.05, 4.69) is 4.90 Å². The van der Waals surface area contributed by atoms with Crippen molar-refractivity contribution in [1.29, 1.82) is 0 Å². The topological polar surface area (TPSA) is 49.8 Å². The van der Waals surface area contributed by atoms with Crippen LogP contribution in [0.4, 0.5) is 0 Å². The van der Waals surface area contributed by atoms with E-state index >= 15 is 0 Å². The zero-order valence-corrected chi connectivity index (χ0v) is 13.7. The van der Waals surface area contributed by atoms with Crippen molar-refractivity contribution in [2.45, 2.75) is 19.3 Å². The Labute approximate surface area is 140 Å². The van der Waals surface area contributed by atoms with Gasteiger partial charge in [-0.15, -0.1) is 0 Å². The van der Waals surface area contributed by atoms with Crippen LogP contribution < -0.4 is 4.74 Å². The second-order valence-corrected chi connectivity index (χ2v) is 7.05. The minimum Gasteiger partial charge on any atom is -0.491 e. The van der Waals surface area contributed by atoms with E-state index in [-0.39, 0.29) is 5.92 Å². The average Bonchev–Trinajstić information content (AvgIpc) is 2.99. The normalized spacial score (nSPS) is 27.8.